The number of phenolic OH excluding ortho intramolecular Hbond substituents is 1. The third-order valence-electron chi connectivity index (χ3n) is 10.1. The number of aromatic hydroxyl groups is 1. The highest BCUT2D eigenvalue weighted by molar-refractivity contribution is 6.02. The van der Waals surface area contributed by atoms with Crippen LogP contribution in [0.15, 0.2) is 36.5 Å². The van der Waals surface area contributed by atoms with E-state index >= 15 is 4.39 Å². The highest BCUT2D eigenvalue weighted by Crippen LogP contribution is 2.42. The fourth-order valence-electron chi connectivity index (χ4n) is 8.11. The van der Waals surface area contributed by atoms with Crippen molar-refractivity contribution in [2.45, 2.75) is 69.2 Å². The number of fused-ring (bicyclic) bond motifs is 5. The molecule has 0 amide bonds. The van der Waals surface area contributed by atoms with Crippen LogP contribution in [0, 0.1) is 5.82 Å². The summed E-state index contributed by atoms with van der Waals surface area (Å²) in [5.41, 5.74) is 1.55. The Bertz CT molecular complexity index is 1720. The summed E-state index contributed by atoms with van der Waals surface area (Å²) in [6.45, 7) is 5.13. The summed E-state index contributed by atoms with van der Waals surface area (Å²) in [6, 6.07) is 9.60. The SMILES string of the molecule is CCc1nccc2cc(O)cc(-c3ccc4c(N5C[C@H]6CC[C@@H](C5)N6)nc(OC[C@@]56CCCN5C[C@H](F)C6)nc4c3F)c12. The molecule has 224 valence electrons. The second-order valence-corrected chi connectivity index (χ2v) is 12.8. The normalized spacial score (nSPS) is 27.0. The maximum atomic E-state index is 16.8. The Morgan fingerprint density at radius 2 is 1.93 bits per heavy atom. The number of ether oxygens (including phenoxy) is 1. The largest absolute Gasteiger partial charge is 0.508 e. The molecule has 4 aliphatic rings. The third-order valence-corrected chi connectivity index (χ3v) is 10.1. The molecule has 43 heavy (non-hydrogen) atoms. The van der Waals surface area contributed by atoms with Crippen molar-refractivity contribution in [1.29, 1.82) is 0 Å². The second-order valence-electron chi connectivity index (χ2n) is 12.8. The smallest absolute Gasteiger partial charge is 0.319 e. The number of nitrogens with one attached hydrogen (secondary N) is 1. The van der Waals surface area contributed by atoms with Gasteiger partial charge < -0.3 is 20.1 Å². The molecule has 10 heteroatoms. The van der Waals surface area contributed by atoms with Gasteiger partial charge in [0.2, 0.25) is 0 Å². The maximum absolute atomic E-state index is 16.8. The Kier molecular flexibility index (Phi) is 6.41. The second kappa shape index (κ2) is 10.2. The predicted octanol–water partition coefficient (Wildman–Crippen LogP) is 5.15. The minimum atomic E-state index is -0.868. The highest BCUT2D eigenvalue weighted by Gasteiger charge is 2.49. The van der Waals surface area contributed by atoms with Gasteiger partial charge in [-0.3, -0.25) is 9.88 Å². The molecule has 0 aliphatic carbocycles. The zero-order valence-corrected chi connectivity index (χ0v) is 24.3. The first-order valence-corrected chi connectivity index (χ1v) is 15.5. The summed E-state index contributed by atoms with van der Waals surface area (Å²) in [7, 11) is 0. The molecule has 0 spiro atoms. The fraction of sp³-hybridized carbons (Fsp3) is 0.485. The third kappa shape index (κ3) is 4.49. The van der Waals surface area contributed by atoms with Crippen molar-refractivity contribution in [3.05, 3.63) is 48.0 Å². The number of anilines is 1. The summed E-state index contributed by atoms with van der Waals surface area (Å²) in [5.74, 6) is 0.227. The number of phenols is 1. The van der Waals surface area contributed by atoms with Gasteiger partial charge in [-0.1, -0.05) is 13.0 Å². The molecule has 4 fully saturated rings. The number of benzene rings is 2. The highest BCUT2D eigenvalue weighted by atomic mass is 19.1. The minimum Gasteiger partial charge on any atom is -0.508 e. The number of alkyl halides is 1. The molecule has 4 atom stereocenters. The Morgan fingerprint density at radius 1 is 1.09 bits per heavy atom. The van der Waals surface area contributed by atoms with E-state index in [9.17, 15) is 9.50 Å². The van der Waals surface area contributed by atoms with Gasteiger partial charge in [0.25, 0.3) is 0 Å². The first kappa shape index (κ1) is 27.0. The Hall–Kier alpha value is -3.63. The minimum absolute atomic E-state index is 0.0574. The molecule has 4 aliphatic heterocycles. The van der Waals surface area contributed by atoms with Crippen molar-refractivity contribution in [1.82, 2.24) is 25.2 Å². The van der Waals surface area contributed by atoms with Crippen molar-refractivity contribution in [2.75, 3.05) is 37.7 Å². The average Bonchev–Trinajstić information content (AvgIpc) is 3.65. The van der Waals surface area contributed by atoms with Gasteiger partial charge in [-0.15, -0.1) is 0 Å². The molecule has 2 bridgehead atoms. The van der Waals surface area contributed by atoms with E-state index in [2.05, 4.69) is 25.1 Å². The lowest BCUT2D eigenvalue weighted by Gasteiger charge is -2.34. The van der Waals surface area contributed by atoms with Crippen LogP contribution in [-0.4, -0.2) is 81.5 Å². The predicted molar refractivity (Wildman–Crippen MR) is 162 cm³/mol. The molecule has 2 aromatic heterocycles. The van der Waals surface area contributed by atoms with E-state index in [1.165, 1.54) is 0 Å². The molecule has 4 saturated heterocycles. The summed E-state index contributed by atoms with van der Waals surface area (Å²) in [5, 5.41) is 16.5. The lowest BCUT2D eigenvalue weighted by molar-refractivity contribution is 0.107. The van der Waals surface area contributed by atoms with E-state index in [0.717, 1.165) is 61.8 Å². The molecule has 4 aromatic rings. The lowest BCUT2D eigenvalue weighted by atomic mass is 9.94. The van der Waals surface area contributed by atoms with Gasteiger partial charge in [0.1, 0.15) is 29.9 Å². The van der Waals surface area contributed by atoms with Crippen LogP contribution >= 0.6 is 0 Å². The number of halogens is 2. The molecule has 8 rings (SSSR count). The summed E-state index contributed by atoms with van der Waals surface area (Å²) < 4.78 is 37.6. The Morgan fingerprint density at radius 3 is 2.74 bits per heavy atom. The van der Waals surface area contributed by atoms with Crippen LogP contribution in [0.2, 0.25) is 0 Å². The fourth-order valence-corrected chi connectivity index (χ4v) is 8.11. The standard InChI is InChI=1S/C33H36F2N6O2/c1-2-27-28-19(8-10-36-27)12-23(42)13-26(28)24-6-7-25-30(29(24)35)38-32(39-31(25)40-16-21-4-5-22(17-40)37-21)43-18-33-9-3-11-41(33)15-20(34)14-33/h6-8,10,12-13,20-22,37,42H,2-5,9,11,14-18H2,1H3/t20-,21-,22+,33+/m1/s1. The quantitative estimate of drug-likeness (QED) is 0.321. The van der Waals surface area contributed by atoms with Crippen LogP contribution in [0.25, 0.3) is 32.8 Å². The number of hydrogen-bond donors (Lipinski definition) is 2. The van der Waals surface area contributed by atoms with Gasteiger partial charge in [0, 0.05) is 66.4 Å². The van der Waals surface area contributed by atoms with Crippen LogP contribution in [0.5, 0.6) is 11.8 Å². The lowest BCUT2D eigenvalue weighted by Crippen LogP contribution is -2.51. The van der Waals surface area contributed by atoms with E-state index in [1.54, 1.807) is 24.4 Å². The first-order valence-electron chi connectivity index (χ1n) is 15.5. The van der Waals surface area contributed by atoms with E-state index < -0.39 is 12.0 Å². The van der Waals surface area contributed by atoms with E-state index in [1.807, 2.05) is 19.1 Å². The maximum Gasteiger partial charge on any atom is 0.319 e. The number of hydrogen-bond acceptors (Lipinski definition) is 8. The zero-order chi connectivity index (χ0) is 29.3. The molecule has 2 aromatic carbocycles. The van der Waals surface area contributed by atoms with Crippen LogP contribution in [0.1, 0.15) is 44.7 Å². The number of nitrogens with zero attached hydrogens (tertiary/aromatic N) is 5. The molecular weight excluding hydrogens is 550 g/mol. The van der Waals surface area contributed by atoms with E-state index in [-0.39, 0.29) is 29.4 Å². The monoisotopic (exact) mass is 586 g/mol. The molecule has 0 saturated carbocycles. The zero-order valence-electron chi connectivity index (χ0n) is 24.3. The average molecular weight is 587 g/mol. The van der Waals surface area contributed by atoms with Crippen LogP contribution < -0.4 is 15.0 Å². The number of aryl methyl sites for hydroxylation is 1. The van der Waals surface area contributed by atoms with Crippen LogP contribution in [0.4, 0.5) is 14.6 Å². The molecular formula is C33H36F2N6O2. The molecule has 0 radical (unpaired) electrons. The number of rotatable bonds is 6. The van der Waals surface area contributed by atoms with Crippen molar-refractivity contribution in [3.8, 4) is 22.9 Å². The van der Waals surface area contributed by atoms with E-state index in [4.69, 9.17) is 9.72 Å². The van der Waals surface area contributed by atoms with Gasteiger partial charge >= 0.3 is 6.01 Å². The summed E-state index contributed by atoms with van der Waals surface area (Å²) >= 11 is 0. The van der Waals surface area contributed by atoms with Gasteiger partial charge in [0.05, 0.1) is 5.54 Å². The van der Waals surface area contributed by atoms with Gasteiger partial charge in [-0.05, 0) is 73.9 Å². The van der Waals surface area contributed by atoms with Crippen molar-refractivity contribution in [3.63, 3.8) is 0 Å². The molecule has 6 heterocycles. The topological polar surface area (TPSA) is 86.6 Å². The van der Waals surface area contributed by atoms with Crippen LogP contribution in [0.3, 0.4) is 0 Å². The number of pyridine rings is 1. The van der Waals surface area contributed by atoms with Gasteiger partial charge in [0.15, 0.2) is 5.82 Å². The van der Waals surface area contributed by atoms with Crippen LogP contribution in [-0.2, 0) is 6.42 Å². The molecule has 8 nitrogen and oxygen atoms in total. The first-order chi connectivity index (χ1) is 20.9. The summed E-state index contributed by atoms with van der Waals surface area (Å²) in [6.07, 6.45) is 6.03. The van der Waals surface area contributed by atoms with E-state index in [0.29, 0.717) is 53.8 Å². The number of piperazine rings is 1. The molecule has 0 unspecified atom stereocenters. The van der Waals surface area contributed by atoms with Gasteiger partial charge in [-0.25, -0.2) is 8.78 Å². The Balaban J connectivity index is 1.26. The van der Waals surface area contributed by atoms with Gasteiger partial charge in [-0.2, -0.15) is 9.97 Å². The van der Waals surface area contributed by atoms with Crippen molar-refractivity contribution in [2.24, 2.45) is 0 Å². The van der Waals surface area contributed by atoms with Crippen molar-refractivity contribution < 1.29 is 18.6 Å². The Labute approximate surface area is 249 Å². The molecule has 2 N–H and O–H groups in total. The number of aromatic nitrogens is 3. The van der Waals surface area contributed by atoms with Crippen molar-refractivity contribution >= 4 is 27.5 Å². The summed E-state index contributed by atoms with van der Waals surface area (Å²) in [4.78, 5) is 18.5.